The van der Waals surface area contributed by atoms with Crippen LogP contribution in [0.2, 0.25) is 0 Å². The van der Waals surface area contributed by atoms with Crippen LogP contribution in [-0.2, 0) is 0 Å². The van der Waals surface area contributed by atoms with Crippen molar-refractivity contribution in [2.45, 2.75) is 71.1 Å². The maximum absolute atomic E-state index is 12.9. The first-order valence-corrected chi connectivity index (χ1v) is 10.6. The highest BCUT2D eigenvalue weighted by molar-refractivity contribution is 5.94. The second kappa shape index (κ2) is 8.17. The van der Waals surface area contributed by atoms with E-state index in [0.29, 0.717) is 29.3 Å². The van der Waals surface area contributed by atoms with Crippen LogP contribution in [0, 0.1) is 31.1 Å². The Labute approximate surface area is 177 Å². The maximum atomic E-state index is 12.9. The van der Waals surface area contributed by atoms with Gasteiger partial charge in [-0.25, -0.2) is 10.4 Å². The van der Waals surface area contributed by atoms with Gasteiger partial charge in [0.25, 0.3) is 5.91 Å². The second-order valence-electron chi connectivity index (χ2n) is 8.75. The number of nitriles is 1. The van der Waals surface area contributed by atoms with Crippen LogP contribution >= 0.6 is 0 Å². The Balaban J connectivity index is 1.46. The molecule has 0 bridgehead atoms. The third-order valence-corrected chi connectivity index (χ3v) is 6.58. The number of carbonyl (C=O) groups is 1. The zero-order chi connectivity index (χ0) is 21.4. The Kier molecular flexibility index (Phi) is 5.58. The van der Waals surface area contributed by atoms with Crippen LogP contribution in [-0.4, -0.2) is 32.8 Å². The first-order chi connectivity index (χ1) is 14.4. The molecule has 0 aromatic carbocycles. The zero-order valence-electron chi connectivity index (χ0n) is 17.9. The van der Waals surface area contributed by atoms with Crippen molar-refractivity contribution >= 4 is 5.91 Å². The summed E-state index contributed by atoms with van der Waals surface area (Å²) in [4.78, 5) is 17.2. The standard InChI is InChI=1S/C22H29N7O/c1-12(2)29-11-16(10-25-29)21-18-7-17(5-6-19(18)27-28-21)26-22(30)20-14(4)13(3)15(8-23)9-24-20/h9-12,17-19,21,27-28H,5-7H2,1-4H3,(H,26,30). The van der Waals surface area contributed by atoms with Gasteiger partial charge in [-0.05, 0) is 64.0 Å². The van der Waals surface area contributed by atoms with Gasteiger partial charge in [0.2, 0.25) is 0 Å². The molecular formula is C22H29N7O. The molecule has 2 aromatic heterocycles. The number of amides is 1. The molecule has 2 aromatic rings. The molecule has 2 aliphatic rings. The molecule has 1 saturated carbocycles. The third-order valence-electron chi connectivity index (χ3n) is 6.58. The lowest BCUT2D eigenvalue weighted by Crippen LogP contribution is -2.44. The predicted octanol–water partition coefficient (Wildman–Crippen LogP) is 2.46. The fourth-order valence-electron chi connectivity index (χ4n) is 4.61. The molecule has 8 heteroatoms. The summed E-state index contributed by atoms with van der Waals surface area (Å²) >= 11 is 0. The largest absolute Gasteiger partial charge is 0.348 e. The van der Waals surface area contributed by atoms with Crippen molar-refractivity contribution in [2.24, 2.45) is 5.92 Å². The van der Waals surface area contributed by atoms with Gasteiger partial charge in [0.1, 0.15) is 11.8 Å². The van der Waals surface area contributed by atoms with Crippen molar-refractivity contribution in [3.63, 3.8) is 0 Å². The van der Waals surface area contributed by atoms with Crippen LogP contribution < -0.4 is 16.2 Å². The Bertz CT molecular complexity index is 990. The summed E-state index contributed by atoms with van der Waals surface area (Å²) in [6.45, 7) is 7.94. The zero-order valence-corrected chi connectivity index (χ0v) is 17.9. The van der Waals surface area contributed by atoms with E-state index in [9.17, 15) is 4.79 Å². The van der Waals surface area contributed by atoms with Crippen LogP contribution in [0.1, 0.15) is 77.9 Å². The topological polar surface area (TPSA) is 108 Å². The van der Waals surface area contributed by atoms with Crippen molar-refractivity contribution in [3.8, 4) is 6.07 Å². The minimum atomic E-state index is -0.161. The summed E-state index contributed by atoms with van der Waals surface area (Å²) in [6.07, 6.45) is 8.35. The van der Waals surface area contributed by atoms with Crippen LogP contribution in [0.4, 0.5) is 0 Å². The van der Waals surface area contributed by atoms with E-state index >= 15 is 0 Å². The lowest BCUT2D eigenvalue weighted by molar-refractivity contribution is 0.0909. The second-order valence-corrected chi connectivity index (χ2v) is 8.75. The van der Waals surface area contributed by atoms with Crippen molar-refractivity contribution in [1.82, 2.24) is 30.9 Å². The summed E-state index contributed by atoms with van der Waals surface area (Å²) in [6, 6.07) is 3.12. The first kappa shape index (κ1) is 20.5. The van der Waals surface area contributed by atoms with Crippen LogP contribution in [0.25, 0.3) is 0 Å². The number of rotatable bonds is 4. The molecule has 4 atom stereocenters. The Morgan fingerprint density at radius 3 is 2.77 bits per heavy atom. The number of nitrogens with zero attached hydrogens (tertiary/aromatic N) is 4. The van der Waals surface area contributed by atoms with Gasteiger partial charge in [-0.1, -0.05) is 0 Å². The monoisotopic (exact) mass is 407 g/mol. The molecule has 0 radical (unpaired) electrons. The molecule has 0 spiro atoms. The summed E-state index contributed by atoms with van der Waals surface area (Å²) in [5.74, 6) is 0.220. The number of pyridine rings is 1. The van der Waals surface area contributed by atoms with Gasteiger partial charge in [-0.15, -0.1) is 0 Å². The van der Waals surface area contributed by atoms with E-state index in [4.69, 9.17) is 5.26 Å². The van der Waals surface area contributed by atoms with Gasteiger partial charge in [0, 0.05) is 36.1 Å². The molecule has 8 nitrogen and oxygen atoms in total. The van der Waals surface area contributed by atoms with Crippen molar-refractivity contribution in [3.05, 3.63) is 46.5 Å². The lowest BCUT2D eigenvalue weighted by Gasteiger charge is -2.33. The Hall–Kier alpha value is -2.76. The van der Waals surface area contributed by atoms with Gasteiger partial charge < -0.3 is 5.32 Å². The molecule has 1 saturated heterocycles. The van der Waals surface area contributed by atoms with Gasteiger partial charge in [0.05, 0.1) is 17.8 Å². The average Bonchev–Trinajstić information content (AvgIpc) is 3.36. The minimum absolute atomic E-state index is 0.0974. The third kappa shape index (κ3) is 3.71. The SMILES string of the molecule is Cc1c(C#N)cnc(C(=O)NC2CCC3NNC(c4cnn(C(C)C)c4)C3C2)c1C. The van der Waals surface area contributed by atoms with Crippen molar-refractivity contribution < 1.29 is 4.79 Å². The molecule has 2 fully saturated rings. The summed E-state index contributed by atoms with van der Waals surface area (Å²) in [7, 11) is 0. The fraction of sp³-hybridized carbons (Fsp3) is 0.545. The number of carbonyl (C=O) groups excluding carboxylic acids is 1. The molecule has 30 heavy (non-hydrogen) atoms. The van der Waals surface area contributed by atoms with Crippen molar-refractivity contribution in [1.29, 1.82) is 5.26 Å². The average molecular weight is 408 g/mol. The number of fused-ring (bicyclic) bond motifs is 1. The number of nitrogens with one attached hydrogen (secondary N) is 3. The van der Waals surface area contributed by atoms with E-state index in [-0.39, 0.29) is 18.0 Å². The van der Waals surface area contributed by atoms with E-state index in [1.54, 1.807) is 0 Å². The normalized spacial score (nSPS) is 25.7. The number of hydrogen-bond acceptors (Lipinski definition) is 6. The highest BCUT2D eigenvalue weighted by Gasteiger charge is 2.42. The lowest BCUT2D eigenvalue weighted by atomic mass is 9.77. The minimum Gasteiger partial charge on any atom is -0.348 e. The van der Waals surface area contributed by atoms with Crippen LogP contribution in [0.5, 0.6) is 0 Å². The smallest absolute Gasteiger partial charge is 0.270 e. The maximum Gasteiger partial charge on any atom is 0.270 e. The van der Waals surface area contributed by atoms with Crippen LogP contribution in [0.3, 0.4) is 0 Å². The summed E-state index contributed by atoms with van der Waals surface area (Å²) in [5.41, 5.74) is 10.6. The molecule has 1 amide bonds. The van der Waals surface area contributed by atoms with E-state index in [1.165, 1.54) is 11.8 Å². The van der Waals surface area contributed by atoms with E-state index in [2.05, 4.69) is 52.4 Å². The van der Waals surface area contributed by atoms with E-state index in [0.717, 1.165) is 30.4 Å². The van der Waals surface area contributed by atoms with Crippen molar-refractivity contribution in [2.75, 3.05) is 0 Å². The summed E-state index contributed by atoms with van der Waals surface area (Å²) < 4.78 is 1.98. The van der Waals surface area contributed by atoms with E-state index < -0.39 is 0 Å². The van der Waals surface area contributed by atoms with E-state index in [1.807, 2.05) is 24.7 Å². The predicted molar refractivity (Wildman–Crippen MR) is 112 cm³/mol. The molecule has 3 heterocycles. The molecule has 3 N–H and O–H groups in total. The highest BCUT2D eigenvalue weighted by atomic mass is 16.1. The molecule has 4 unspecified atom stereocenters. The number of aromatic nitrogens is 3. The molecular weight excluding hydrogens is 378 g/mol. The van der Waals surface area contributed by atoms with Crippen LogP contribution in [0.15, 0.2) is 18.6 Å². The number of hydrazine groups is 1. The molecule has 1 aliphatic carbocycles. The molecule has 158 valence electrons. The van der Waals surface area contributed by atoms with Gasteiger partial charge in [-0.3, -0.25) is 14.9 Å². The van der Waals surface area contributed by atoms with Gasteiger partial charge in [-0.2, -0.15) is 10.4 Å². The van der Waals surface area contributed by atoms with Gasteiger partial charge >= 0.3 is 0 Å². The fourth-order valence-corrected chi connectivity index (χ4v) is 4.61. The quantitative estimate of drug-likeness (QED) is 0.719. The van der Waals surface area contributed by atoms with Gasteiger partial charge in [0.15, 0.2) is 0 Å². The molecule has 1 aliphatic heterocycles. The highest BCUT2D eigenvalue weighted by Crippen LogP contribution is 2.38. The number of hydrogen-bond donors (Lipinski definition) is 3. The Morgan fingerprint density at radius 1 is 1.27 bits per heavy atom. The summed E-state index contributed by atoms with van der Waals surface area (Å²) in [5, 5.41) is 16.8. The Morgan fingerprint density at radius 2 is 2.07 bits per heavy atom. The first-order valence-electron chi connectivity index (χ1n) is 10.6. The molecule has 4 rings (SSSR count).